The highest BCUT2D eigenvalue weighted by Crippen LogP contribution is 2.27. The maximum Gasteiger partial charge on any atom is 0.383 e. The van der Waals surface area contributed by atoms with E-state index in [0.717, 1.165) is 5.39 Å². The number of para-hydroxylation sites is 1. The van der Waals surface area contributed by atoms with Crippen LogP contribution in [0.5, 0.6) is 0 Å². The average molecular weight is 289 g/mol. The maximum absolute atomic E-state index is 12.8. The molecule has 20 heavy (non-hydrogen) atoms. The molecule has 108 valence electrons. The monoisotopic (exact) mass is 289 g/mol. The van der Waals surface area contributed by atoms with Crippen LogP contribution in [0.1, 0.15) is 18.7 Å². The van der Waals surface area contributed by atoms with Crippen molar-refractivity contribution in [1.29, 1.82) is 0 Å². The van der Waals surface area contributed by atoms with Gasteiger partial charge in [-0.25, -0.2) is 8.78 Å². The topological polar surface area (TPSA) is 42.2 Å². The largest absolute Gasteiger partial charge is 0.459 e. The lowest BCUT2D eigenvalue weighted by Crippen LogP contribution is -2.45. The van der Waals surface area contributed by atoms with Crippen molar-refractivity contribution in [3.05, 3.63) is 36.1 Å². The van der Waals surface area contributed by atoms with E-state index in [1.807, 2.05) is 5.32 Å². The molecule has 1 N–H and O–H groups in total. The summed E-state index contributed by atoms with van der Waals surface area (Å²) < 4.78 is 55.1. The Labute approximate surface area is 111 Å². The molecule has 0 aliphatic carbocycles. The number of rotatable bonds is 4. The van der Waals surface area contributed by atoms with E-state index in [2.05, 4.69) is 0 Å². The first-order chi connectivity index (χ1) is 9.32. The third kappa shape index (κ3) is 2.61. The number of halogens is 4. The molecule has 0 spiro atoms. The third-order valence-corrected chi connectivity index (χ3v) is 2.80. The van der Waals surface area contributed by atoms with E-state index in [1.54, 1.807) is 30.3 Å². The summed E-state index contributed by atoms with van der Waals surface area (Å²) >= 11 is 0. The number of furan rings is 1. The van der Waals surface area contributed by atoms with Crippen molar-refractivity contribution in [2.75, 3.05) is 0 Å². The van der Waals surface area contributed by atoms with E-state index in [1.165, 1.54) is 6.92 Å². The summed E-state index contributed by atoms with van der Waals surface area (Å²) in [6, 6.07) is 7.51. The SMILES string of the molecule is CC(NC(=O)C(F)(F)C(F)F)c1cc2ccccc2o1. The van der Waals surface area contributed by atoms with Crippen molar-refractivity contribution in [3.63, 3.8) is 0 Å². The van der Waals surface area contributed by atoms with Crippen LogP contribution in [0.25, 0.3) is 11.0 Å². The first kappa shape index (κ1) is 14.4. The molecule has 0 aliphatic heterocycles. The molecule has 1 amide bonds. The van der Waals surface area contributed by atoms with Crippen LogP contribution in [-0.2, 0) is 4.79 Å². The minimum atomic E-state index is -4.72. The van der Waals surface area contributed by atoms with Crippen LogP contribution in [0.2, 0.25) is 0 Å². The molecule has 7 heteroatoms. The molecule has 0 bridgehead atoms. The fourth-order valence-corrected chi connectivity index (χ4v) is 1.68. The second-order valence-corrected chi connectivity index (χ2v) is 4.31. The molecule has 0 fully saturated rings. The normalized spacial score (nSPS) is 13.7. The van der Waals surface area contributed by atoms with Crippen molar-refractivity contribution in [1.82, 2.24) is 5.32 Å². The number of hydrogen-bond acceptors (Lipinski definition) is 2. The summed E-state index contributed by atoms with van der Waals surface area (Å²) in [6.45, 7) is 1.37. The lowest BCUT2D eigenvalue weighted by atomic mass is 10.2. The number of benzene rings is 1. The molecule has 3 nitrogen and oxygen atoms in total. The Morgan fingerprint density at radius 1 is 1.30 bits per heavy atom. The van der Waals surface area contributed by atoms with Crippen LogP contribution in [0.4, 0.5) is 17.6 Å². The van der Waals surface area contributed by atoms with E-state index in [-0.39, 0.29) is 5.76 Å². The lowest BCUT2D eigenvalue weighted by molar-refractivity contribution is -0.170. The van der Waals surface area contributed by atoms with Crippen molar-refractivity contribution >= 4 is 16.9 Å². The van der Waals surface area contributed by atoms with Crippen molar-refractivity contribution in [2.45, 2.75) is 25.3 Å². The van der Waals surface area contributed by atoms with Gasteiger partial charge >= 0.3 is 12.3 Å². The number of fused-ring (bicyclic) bond motifs is 1. The smallest absolute Gasteiger partial charge is 0.383 e. The van der Waals surface area contributed by atoms with Gasteiger partial charge in [0.05, 0.1) is 6.04 Å². The average Bonchev–Trinajstić information content (AvgIpc) is 2.82. The number of carbonyl (C=O) groups is 1. The Morgan fingerprint density at radius 3 is 2.55 bits per heavy atom. The second-order valence-electron chi connectivity index (χ2n) is 4.31. The van der Waals surface area contributed by atoms with Gasteiger partial charge in [0.15, 0.2) is 0 Å². The molecule has 1 atom stereocenters. The zero-order valence-corrected chi connectivity index (χ0v) is 10.4. The third-order valence-electron chi connectivity index (χ3n) is 2.80. The highest BCUT2D eigenvalue weighted by Gasteiger charge is 2.49. The van der Waals surface area contributed by atoms with Gasteiger partial charge in [-0.3, -0.25) is 4.79 Å². The Hall–Kier alpha value is -2.05. The van der Waals surface area contributed by atoms with Gasteiger partial charge in [-0.15, -0.1) is 0 Å². The van der Waals surface area contributed by atoms with Gasteiger partial charge < -0.3 is 9.73 Å². The minimum Gasteiger partial charge on any atom is -0.459 e. The van der Waals surface area contributed by atoms with Crippen LogP contribution in [-0.4, -0.2) is 18.3 Å². The van der Waals surface area contributed by atoms with E-state index in [0.29, 0.717) is 5.58 Å². The minimum absolute atomic E-state index is 0.213. The molecular weight excluding hydrogens is 278 g/mol. The van der Waals surface area contributed by atoms with Crippen molar-refractivity contribution in [2.24, 2.45) is 0 Å². The van der Waals surface area contributed by atoms with Gasteiger partial charge in [-0.05, 0) is 19.1 Å². The van der Waals surface area contributed by atoms with Crippen molar-refractivity contribution < 1.29 is 26.8 Å². The summed E-state index contributed by atoms with van der Waals surface area (Å²) in [7, 11) is 0. The quantitative estimate of drug-likeness (QED) is 0.875. The number of amides is 1. The Morgan fingerprint density at radius 2 is 1.95 bits per heavy atom. The van der Waals surface area contributed by atoms with Crippen LogP contribution < -0.4 is 5.32 Å². The maximum atomic E-state index is 12.8. The first-order valence-electron chi connectivity index (χ1n) is 5.77. The lowest BCUT2D eigenvalue weighted by Gasteiger charge is -2.17. The van der Waals surface area contributed by atoms with Gasteiger partial charge in [-0.1, -0.05) is 18.2 Å². The molecule has 0 saturated carbocycles. The van der Waals surface area contributed by atoms with Crippen LogP contribution >= 0.6 is 0 Å². The van der Waals surface area contributed by atoms with E-state index in [4.69, 9.17) is 4.42 Å². The van der Waals surface area contributed by atoms with Crippen LogP contribution in [0.3, 0.4) is 0 Å². The predicted molar refractivity (Wildman–Crippen MR) is 63.7 cm³/mol. The molecule has 1 unspecified atom stereocenters. The van der Waals surface area contributed by atoms with Gasteiger partial charge in [0.2, 0.25) is 0 Å². The number of hydrogen-bond donors (Lipinski definition) is 1. The molecule has 1 heterocycles. The molecule has 0 saturated heterocycles. The zero-order valence-electron chi connectivity index (χ0n) is 10.4. The Kier molecular flexibility index (Phi) is 3.69. The van der Waals surface area contributed by atoms with Gasteiger partial charge in [0.25, 0.3) is 5.91 Å². The zero-order chi connectivity index (χ0) is 14.9. The van der Waals surface area contributed by atoms with Gasteiger partial charge in [0, 0.05) is 5.39 Å². The molecule has 0 aliphatic rings. The Bertz CT molecular complexity index is 591. The fourth-order valence-electron chi connectivity index (χ4n) is 1.68. The number of alkyl halides is 4. The summed E-state index contributed by atoms with van der Waals surface area (Å²) in [6.07, 6.45) is -4.05. The summed E-state index contributed by atoms with van der Waals surface area (Å²) in [5.74, 6) is -6.54. The summed E-state index contributed by atoms with van der Waals surface area (Å²) in [5.41, 5.74) is 0.518. The number of carbonyl (C=O) groups excluding carboxylic acids is 1. The molecular formula is C13H11F4NO2. The molecule has 1 aromatic heterocycles. The van der Waals surface area contributed by atoms with Crippen LogP contribution in [0, 0.1) is 0 Å². The van der Waals surface area contributed by atoms with Gasteiger partial charge in [0.1, 0.15) is 11.3 Å². The Balaban J connectivity index is 2.16. The molecule has 2 rings (SSSR count). The van der Waals surface area contributed by atoms with Crippen molar-refractivity contribution in [3.8, 4) is 0 Å². The summed E-state index contributed by atoms with van der Waals surface area (Å²) in [5, 5.41) is 2.54. The number of nitrogens with one attached hydrogen (secondary N) is 1. The standard InChI is InChI=1S/C13H11F4NO2/c1-7(18-12(19)13(16,17)11(14)15)10-6-8-4-2-3-5-9(8)20-10/h2-7,11H,1H3,(H,18,19). The molecule has 2 aromatic rings. The second kappa shape index (κ2) is 5.15. The molecule has 0 radical (unpaired) electrons. The highest BCUT2D eigenvalue weighted by atomic mass is 19.3. The molecule has 1 aromatic carbocycles. The van der Waals surface area contributed by atoms with Gasteiger partial charge in [-0.2, -0.15) is 8.78 Å². The van der Waals surface area contributed by atoms with Crippen LogP contribution in [0.15, 0.2) is 34.7 Å². The summed E-state index contributed by atoms with van der Waals surface area (Å²) in [4.78, 5) is 11.1. The first-order valence-corrected chi connectivity index (χ1v) is 5.77. The van der Waals surface area contributed by atoms with E-state index in [9.17, 15) is 22.4 Å². The highest BCUT2D eigenvalue weighted by molar-refractivity contribution is 5.84. The predicted octanol–water partition coefficient (Wildman–Crippen LogP) is 3.51. The van der Waals surface area contributed by atoms with E-state index >= 15 is 0 Å². The fraction of sp³-hybridized carbons (Fsp3) is 0.308. The van der Waals surface area contributed by atoms with E-state index < -0.39 is 24.3 Å².